The summed E-state index contributed by atoms with van der Waals surface area (Å²) in [7, 11) is 0. The summed E-state index contributed by atoms with van der Waals surface area (Å²) < 4.78 is 0. The first-order valence-corrected chi connectivity index (χ1v) is 10.00. The molecule has 1 atom stereocenters. The Balaban J connectivity index is 1.47. The third-order valence-electron chi connectivity index (χ3n) is 5.93. The van der Waals surface area contributed by atoms with E-state index in [0.29, 0.717) is 44.9 Å². The van der Waals surface area contributed by atoms with Crippen LogP contribution in [-0.2, 0) is 14.4 Å². The summed E-state index contributed by atoms with van der Waals surface area (Å²) >= 11 is 0. The van der Waals surface area contributed by atoms with Crippen LogP contribution in [0.4, 0.5) is 0 Å². The minimum Gasteiger partial charge on any atom is -0.354 e. The van der Waals surface area contributed by atoms with Gasteiger partial charge in [0.2, 0.25) is 17.7 Å². The molecule has 0 bridgehead atoms. The lowest BCUT2D eigenvalue weighted by Crippen LogP contribution is -2.50. The van der Waals surface area contributed by atoms with E-state index in [2.05, 4.69) is 5.32 Å². The molecule has 0 aromatic carbocycles. The van der Waals surface area contributed by atoms with E-state index >= 15 is 0 Å². The van der Waals surface area contributed by atoms with Gasteiger partial charge in [0.15, 0.2) is 0 Å². The fraction of sp³-hybridized carbons (Fsp3) is 0.842. The Bertz CT molecular complexity index is 500. The van der Waals surface area contributed by atoms with Crippen LogP contribution >= 0.6 is 0 Å². The van der Waals surface area contributed by atoms with Crippen molar-refractivity contribution in [1.29, 1.82) is 0 Å². The highest BCUT2D eigenvalue weighted by Crippen LogP contribution is 2.27. The highest BCUT2D eigenvalue weighted by atomic mass is 16.2. The molecule has 0 aromatic rings. The van der Waals surface area contributed by atoms with E-state index < -0.39 is 0 Å². The van der Waals surface area contributed by atoms with Gasteiger partial charge in [-0.3, -0.25) is 14.4 Å². The maximum absolute atomic E-state index is 12.5. The van der Waals surface area contributed by atoms with Gasteiger partial charge in [-0.2, -0.15) is 0 Å². The van der Waals surface area contributed by atoms with Gasteiger partial charge >= 0.3 is 0 Å². The predicted octanol–water partition coefficient (Wildman–Crippen LogP) is 1.69. The van der Waals surface area contributed by atoms with Crippen LogP contribution in [0.5, 0.6) is 0 Å². The minimum atomic E-state index is -0.102. The zero-order chi connectivity index (χ0) is 17.6. The molecule has 1 N–H and O–H groups in total. The van der Waals surface area contributed by atoms with Crippen molar-refractivity contribution in [2.45, 2.75) is 70.3 Å². The van der Waals surface area contributed by atoms with Crippen molar-refractivity contribution in [2.75, 3.05) is 26.2 Å². The van der Waals surface area contributed by atoms with E-state index in [9.17, 15) is 14.4 Å². The van der Waals surface area contributed by atoms with Crippen LogP contribution in [0.2, 0.25) is 0 Å². The maximum Gasteiger partial charge on any atom is 0.224 e. The SMILES string of the molecule is O=C(NCCN1CCCC1=O)[C@H]1CCC(=O)N(C2CCCCCC2)C1. The van der Waals surface area contributed by atoms with E-state index in [1.54, 1.807) is 0 Å². The summed E-state index contributed by atoms with van der Waals surface area (Å²) in [5.41, 5.74) is 0. The molecule has 3 fully saturated rings. The normalized spacial score (nSPS) is 26.0. The number of piperidine rings is 1. The van der Waals surface area contributed by atoms with E-state index in [1.165, 1.54) is 25.7 Å². The molecule has 0 unspecified atom stereocenters. The first-order chi connectivity index (χ1) is 12.1. The Labute approximate surface area is 150 Å². The highest BCUT2D eigenvalue weighted by Gasteiger charge is 2.34. The third-order valence-corrected chi connectivity index (χ3v) is 5.93. The van der Waals surface area contributed by atoms with Crippen LogP contribution in [-0.4, -0.2) is 59.7 Å². The lowest BCUT2D eigenvalue weighted by Gasteiger charge is -2.37. The number of carbonyl (C=O) groups is 3. The van der Waals surface area contributed by atoms with Crippen LogP contribution in [0, 0.1) is 5.92 Å². The predicted molar refractivity (Wildman–Crippen MR) is 94.8 cm³/mol. The lowest BCUT2D eigenvalue weighted by atomic mass is 9.93. The average molecular weight is 349 g/mol. The summed E-state index contributed by atoms with van der Waals surface area (Å²) in [6.07, 6.45) is 9.76. The second-order valence-corrected chi connectivity index (χ2v) is 7.70. The van der Waals surface area contributed by atoms with Crippen molar-refractivity contribution < 1.29 is 14.4 Å². The van der Waals surface area contributed by atoms with Crippen LogP contribution in [0.1, 0.15) is 64.2 Å². The van der Waals surface area contributed by atoms with Gasteiger partial charge < -0.3 is 15.1 Å². The molecular formula is C19H31N3O3. The maximum atomic E-state index is 12.5. The van der Waals surface area contributed by atoms with Crippen molar-refractivity contribution >= 4 is 17.7 Å². The van der Waals surface area contributed by atoms with Gasteiger partial charge in [-0.05, 0) is 25.7 Å². The number of hydrogen-bond donors (Lipinski definition) is 1. The molecule has 140 valence electrons. The van der Waals surface area contributed by atoms with Gasteiger partial charge in [-0.25, -0.2) is 0 Å². The number of nitrogens with one attached hydrogen (secondary N) is 1. The quantitative estimate of drug-likeness (QED) is 0.768. The second-order valence-electron chi connectivity index (χ2n) is 7.70. The van der Waals surface area contributed by atoms with Gasteiger partial charge in [-0.1, -0.05) is 25.7 Å². The molecule has 0 radical (unpaired) electrons. The van der Waals surface area contributed by atoms with Gasteiger partial charge in [-0.15, -0.1) is 0 Å². The first-order valence-electron chi connectivity index (χ1n) is 10.00. The number of amides is 3. The van der Waals surface area contributed by atoms with Crippen molar-refractivity contribution in [3.63, 3.8) is 0 Å². The molecule has 25 heavy (non-hydrogen) atoms. The standard InChI is InChI=1S/C19H31N3O3/c23-17-8-5-12-21(17)13-11-20-19(25)15-9-10-18(24)22(14-15)16-6-3-1-2-4-7-16/h15-16H,1-14H2,(H,20,25)/t15-/m0/s1. The van der Waals surface area contributed by atoms with Crippen molar-refractivity contribution in [3.05, 3.63) is 0 Å². The number of hydrogen-bond acceptors (Lipinski definition) is 3. The molecule has 2 saturated heterocycles. The lowest BCUT2D eigenvalue weighted by molar-refractivity contribution is -0.141. The Morgan fingerprint density at radius 1 is 0.960 bits per heavy atom. The fourth-order valence-corrected chi connectivity index (χ4v) is 4.41. The summed E-state index contributed by atoms with van der Waals surface area (Å²) in [6, 6.07) is 0.327. The third kappa shape index (κ3) is 4.73. The largest absolute Gasteiger partial charge is 0.354 e. The van der Waals surface area contributed by atoms with Crippen LogP contribution in [0.25, 0.3) is 0 Å². The van der Waals surface area contributed by atoms with Crippen molar-refractivity contribution in [3.8, 4) is 0 Å². The van der Waals surface area contributed by atoms with Gasteiger partial charge in [0.1, 0.15) is 0 Å². The first kappa shape index (κ1) is 18.2. The van der Waals surface area contributed by atoms with E-state index in [1.807, 2.05) is 9.80 Å². The Hall–Kier alpha value is -1.59. The van der Waals surface area contributed by atoms with E-state index in [-0.39, 0.29) is 23.6 Å². The fourth-order valence-electron chi connectivity index (χ4n) is 4.41. The van der Waals surface area contributed by atoms with Crippen LogP contribution < -0.4 is 5.32 Å². The molecule has 2 aliphatic heterocycles. The van der Waals surface area contributed by atoms with Gasteiger partial charge in [0, 0.05) is 45.1 Å². The van der Waals surface area contributed by atoms with E-state index in [4.69, 9.17) is 0 Å². The molecule has 3 rings (SSSR count). The molecule has 3 amide bonds. The number of rotatable bonds is 5. The van der Waals surface area contributed by atoms with Crippen molar-refractivity contribution in [2.24, 2.45) is 5.92 Å². The van der Waals surface area contributed by atoms with Crippen LogP contribution in [0.15, 0.2) is 0 Å². The number of nitrogens with zero attached hydrogens (tertiary/aromatic N) is 2. The molecule has 0 aromatic heterocycles. The minimum absolute atomic E-state index is 0.0396. The molecule has 0 spiro atoms. The summed E-state index contributed by atoms with van der Waals surface area (Å²) in [5, 5.41) is 2.98. The van der Waals surface area contributed by atoms with Crippen molar-refractivity contribution in [1.82, 2.24) is 15.1 Å². The molecular weight excluding hydrogens is 318 g/mol. The second kappa shape index (κ2) is 8.68. The number of carbonyl (C=O) groups excluding carboxylic acids is 3. The van der Waals surface area contributed by atoms with Crippen LogP contribution in [0.3, 0.4) is 0 Å². The zero-order valence-corrected chi connectivity index (χ0v) is 15.2. The molecule has 1 saturated carbocycles. The summed E-state index contributed by atoms with van der Waals surface area (Å²) in [4.78, 5) is 40.3. The topological polar surface area (TPSA) is 69.7 Å². The number of likely N-dealkylation sites (tertiary alicyclic amines) is 2. The monoisotopic (exact) mass is 349 g/mol. The highest BCUT2D eigenvalue weighted by molar-refractivity contribution is 5.84. The average Bonchev–Trinajstić information content (AvgIpc) is 2.86. The Morgan fingerprint density at radius 3 is 2.40 bits per heavy atom. The van der Waals surface area contributed by atoms with Gasteiger partial charge in [0.25, 0.3) is 0 Å². The zero-order valence-electron chi connectivity index (χ0n) is 15.2. The molecule has 6 heteroatoms. The van der Waals surface area contributed by atoms with E-state index in [0.717, 1.165) is 25.8 Å². The van der Waals surface area contributed by atoms with Gasteiger partial charge in [0.05, 0.1) is 5.92 Å². The molecule has 3 aliphatic rings. The molecule has 1 aliphatic carbocycles. The molecule has 6 nitrogen and oxygen atoms in total. The Kier molecular flexibility index (Phi) is 6.32. The summed E-state index contributed by atoms with van der Waals surface area (Å²) in [6.45, 7) is 2.49. The smallest absolute Gasteiger partial charge is 0.224 e. The molecule has 2 heterocycles. The Morgan fingerprint density at radius 2 is 1.72 bits per heavy atom. The summed E-state index contributed by atoms with van der Waals surface area (Å²) in [5.74, 6) is 0.351.